The molecule has 6 heteroatoms. The number of carbonyl (C=O) groups is 2. The Balaban J connectivity index is 1.74. The maximum absolute atomic E-state index is 12.8. The topological polar surface area (TPSA) is 61.9 Å². The second-order valence-corrected chi connectivity index (χ2v) is 7.85. The summed E-state index contributed by atoms with van der Waals surface area (Å²) in [5.41, 5.74) is 2.88. The minimum atomic E-state index is -0.248. The molecule has 0 bridgehead atoms. The van der Waals surface area contributed by atoms with Gasteiger partial charge in [-0.05, 0) is 38.5 Å². The first-order valence-corrected chi connectivity index (χ1v) is 10.5. The molecule has 1 N–H and O–H groups in total. The molecule has 30 heavy (non-hydrogen) atoms. The Morgan fingerprint density at radius 1 is 1.20 bits per heavy atom. The van der Waals surface area contributed by atoms with E-state index in [0.29, 0.717) is 37.6 Å². The summed E-state index contributed by atoms with van der Waals surface area (Å²) in [5.74, 6) is 0.520. The van der Waals surface area contributed by atoms with Gasteiger partial charge in [0.25, 0.3) is 5.91 Å². The minimum Gasteiger partial charge on any atom is -0.493 e. The molecule has 0 unspecified atom stereocenters. The maximum atomic E-state index is 12.8. The molecule has 0 spiro atoms. The molecule has 160 valence electrons. The molecule has 0 radical (unpaired) electrons. The van der Waals surface area contributed by atoms with Gasteiger partial charge in [0.15, 0.2) is 0 Å². The number of hydrogen-bond donors (Lipinski definition) is 1. The highest BCUT2D eigenvalue weighted by atomic mass is 16.5. The van der Waals surface area contributed by atoms with Crippen LogP contribution in [0.3, 0.4) is 0 Å². The highest BCUT2D eigenvalue weighted by Crippen LogP contribution is 2.21. The molecule has 2 aromatic carbocycles. The van der Waals surface area contributed by atoms with Gasteiger partial charge in [0, 0.05) is 32.7 Å². The standard InChI is InChI=1S/C24H31N3O3/c1-5-30-22-12-7-6-11-21(22)23(28)25-14-20-16-26(4)24(29)18(3)27(20)15-19-10-8-9-17(2)13-19/h6-13,18,20H,5,14-16H2,1-4H3,(H,25,28)/t18-,20+/m0/s1. The van der Waals surface area contributed by atoms with Gasteiger partial charge in [0.2, 0.25) is 5.91 Å². The van der Waals surface area contributed by atoms with E-state index in [9.17, 15) is 9.59 Å². The number of rotatable bonds is 7. The second-order valence-electron chi connectivity index (χ2n) is 7.85. The lowest BCUT2D eigenvalue weighted by atomic mass is 10.0. The summed E-state index contributed by atoms with van der Waals surface area (Å²) in [7, 11) is 1.82. The molecule has 2 amide bonds. The van der Waals surface area contributed by atoms with Crippen LogP contribution in [0, 0.1) is 6.92 Å². The van der Waals surface area contributed by atoms with Crippen molar-refractivity contribution in [3.63, 3.8) is 0 Å². The van der Waals surface area contributed by atoms with Crippen molar-refractivity contribution < 1.29 is 14.3 Å². The third-order valence-electron chi connectivity index (χ3n) is 5.56. The van der Waals surface area contributed by atoms with E-state index in [2.05, 4.69) is 35.3 Å². The Hall–Kier alpha value is -2.86. The predicted molar refractivity (Wildman–Crippen MR) is 118 cm³/mol. The van der Waals surface area contributed by atoms with Crippen LogP contribution in [0.4, 0.5) is 0 Å². The fourth-order valence-electron chi connectivity index (χ4n) is 4.00. The Labute approximate surface area is 178 Å². The summed E-state index contributed by atoms with van der Waals surface area (Å²) in [6.07, 6.45) is 0. The first kappa shape index (κ1) is 21.8. The maximum Gasteiger partial charge on any atom is 0.255 e. The molecule has 1 saturated heterocycles. The Kier molecular flexibility index (Phi) is 7.11. The van der Waals surface area contributed by atoms with Crippen LogP contribution < -0.4 is 10.1 Å². The molecule has 2 aromatic rings. The first-order chi connectivity index (χ1) is 14.4. The van der Waals surface area contributed by atoms with Crippen molar-refractivity contribution in [2.24, 2.45) is 0 Å². The van der Waals surface area contributed by atoms with Crippen molar-refractivity contribution in [2.45, 2.75) is 39.4 Å². The number of nitrogens with zero attached hydrogens (tertiary/aromatic N) is 2. The predicted octanol–water partition coefficient (Wildman–Crippen LogP) is 2.85. The van der Waals surface area contributed by atoms with Crippen LogP contribution in [-0.2, 0) is 11.3 Å². The van der Waals surface area contributed by atoms with Crippen LogP contribution in [0.15, 0.2) is 48.5 Å². The quantitative estimate of drug-likeness (QED) is 0.764. The molecule has 3 rings (SSSR count). The van der Waals surface area contributed by atoms with E-state index in [1.165, 1.54) is 5.56 Å². The Morgan fingerprint density at radius 2 is 1.97 bits per heavy atom. The number of aryl methyl sites for hydroxylation is 1. The average Bonchev–Trinajstić information content (AvgIpc) is 2.73. The van der Waals surface area contributed by atoms with Crippen molar-refractivity contribution in [2.75, 3.05) is 26.7 Å². The van der Waals surface area contributed by atoms with Gasteiger partial charge in [-0.3, -0.25) is 14.5 Å². The summed E-state index contributed by atoms with van der Waals surface area (Å²) in [4.78, 5) is 29.4. The molecule has 1 aliphatic rings. The van der Waals surface area contributed by atoms with Crippen molar-refractivity contribution >= 4 is 11.8 Å². The van der Waals surface area contributed by atoms with E-state index in [1.807, 2.05) is 39.1 Å². The third-order valence-corrected chi connectivity index (χ3v) is 5.56. The highest BCUT2D eigenvalue weighted by Gasteiger charge is 2.36. The van der Waals surface area contributed by atoms with E-state index < -0.39 is 0 Å². The van der Waals surface area contributed by atoms with Gasteiger partial charge in [-0.15, -0.1) is 0 Å². The third kappa shape index (κ3) is 5.00. The van der Waals surface area contributed by atoms with Gasteiger partial charge in [-0.2, -0.15) is 0 Å². The SMILES string of the molecule is CCOc1ccccc1C(=O)NC[C@@H]1CN(C)C(=O)[C@H](C)N1Cc1cccc(C)c1. The molecule has 6 nitrogen and oxygen atoms in total. The lowest BCUT2D eigenvalue weighted by Gasteiger charge is -2.44. The van der Waals surface area contributed by atoms with Crippen molar-refractivity contribution in [1.29, 1.82) is 0 Å². The molecular formula is C24H31N3O3. The number of ether oxygens (including phenoxy) is 1. The number of nitrogens with one attached hydrogen (secondary N) is 1. The number of piperazine rings is 1. The van der Waals surface area contributed by atoms with E-state index >= 15 is 0 Å². The summed E-state index contributed by atoms with van der Waals surface area (Å²) in [6, 6.07) is 15.4. The molecule has 1 aliphatic heterocycles. The largest absolute Gasteiger partial charge is 0.493 e. The van der Waals surface area contributed by atoms with Gasteiger partial charge < -0.3 is 15.0 Å². The number of benzene rings is 2. The Bertz CT molecular complexity index is 899. The number of hydrogen-bond acceptors (Lipinski definition) is 4. The molecule has 0 aliphatic carbocycles. The van der Waals surface area contributed by atoms with Crippen molar-refractivity contribution in [3.8, 4) is 5.75 Å². The monoisotopic (exact) mass is 409 g/mol. The number of para-hydroxylation sites is 1. The Morgan fingerprint density at radius 3 is 2.70 bits per heavy atom. The highest BCUT2D eigenvalue weighted by molar-refractivity contribution is 5.96. The van der Waals surface area contributed by atoms with E-state index in [0.717, 1.165) is 5.56 Å². The summed E-state index contributed by atoms with van der Waals surface area (Å²) in [6.45, 7) is 8.09. The molecule has 1 fully saturated rings. The molecular weight excluding hydrogens is 378 g/mol. The van der Waals surface area contributed by atoms with Crippen LogP contribution in [0.1, 0.15) is 35.3 Å². The zero-order chi connectivity index (χ0) is 21.7. The molecule has 0 saturated carbocycles. The fraction of sp³-hybridized carbons (Fsp3) is 0.417. The van der Waals surface area contributed by atoms with Gasteiger partial charge in [0.05, 0.1) is 18.2 Å². The molecule has 1 heterocycles. The van der Waals surface area contributed by atoms with Crippen molar-refractivity contribution in [1.82, 2.24) is 15.1 Å². The number of amides is 2. The lowest BCUT2D eigenvalue weighted by Crippen LogP contribution is -2.62. The molecule has 0 aromatic heterocycles. The number of carbonyl (C=O) groups excluding carboxylic acids is 2. The van der Waals surface area contributed by atoms with Gasteiger partial charge >= 0.3 is 0 Å². The summed E-state index contributed by atoms with van der Waals surface area (Å²) < 4.78 is 5.59. The van der Waals surface area contributed by atoms with Crippen molar-refractivity contribution in [3.05, 3.63) is 65.2 Å². The summed E-state index contributed by atoms with van der Waals surface area (Å²) in [5, 5.41) is 3.05. The normalized spacial score (nSPS) is 19.6. The van der Waals surface area contributed by atoms with Gasteiger partial charge in [-0.1, -0.05) is 42.0 Å². The van der Waals surface area contributed by atoms with E-state index in [1.54, 1.807) is 17.0 Å². The average molecular weight is 410 g/mol. The summed E-state index contributed by atoms with van der Waals surface area (Å²) >= 11 is 0. The first-order valence-electron chi connectivity index (χ1n) is 10.5. The van der Waals surface area contributed by atoms with Crippen LogP contribution >= 0.6 is 0 Å². The minimum absolute atomic E-state index is 0.0198. The lowest BCUT2D eigenvalue weighted by molar-refractivity contribution is -0.142. The number of likely N-dealkylation sites (N-methyl/N-ethyl adjacent to an activating group) is 1. The zero-order valence-corrected chi connectivity index (χ0v) is 18.2. The smallest absolute Gasteiger partial charge is 0.255 e. The molecule has 2 atom stereocenters. The second kappa shape index (κ2) is 9.76. The van der Waals surface area contributed by atoms with E-state index in [4.69, 9.17) is 4.74 Å². The van der Waals surface area contributed by atoms with E-state index in [-0.39, 0.29) is 23.9 Å². The van der Waals surface area contributed by atoms with Crippen LogP contribution in [0.25, 0.3) is 0 Å². The fourth-order valence-corrected chi connectivity index (χ4v) is 4.00. The van der Waals surface area contributed by atoms with Crippen LogP contribution in [-0.4, -0.2) is 60.4 Å². The zero-order valence-electron chi connectivity index (χ0n) is 18.2. The van der Waals surface area contributed by atoms with Crippen LogP contribution in [0.2, 0.25) is 0 Å². The van der Waals surface area contributed by atoms with Crippen LogP contribution in [0.5, 0.6) is 5.75 Å². The van der Waals surface area contributed by atoms with Gasteiger partial charge in [-0.25, -0.2) is 0 Å². The van der Waals surface area contributed by atoms with Gasteiger partial charge in [0.1, 0.15) is 5.75 Å².